The van der Waals surface area contributed by atoms with E-state index in [1.165, 1.54) is 0 Å². The van der Waals surface area contributed by atoms with E-state index >= 15 is 0 Å². The molecule has 0 radical (unpaired) electrons. The van der Waals surface area contributed by atoms with Gasteiger partial charge in [-0.05, 0) is 38.0 Å². The maximum Gasteiger partial charge on any atom is 0.0596 e. The Morgan fingerprint density at radius 1 is 1.42 bits per heavy atom. The smallest absolute Gasteiger partial charge is 0.0596 e. The topological polar surface area (TPSA) is 40.5 Å². The fourth-order valence-electron chi connectivity index (χ4n) is 1.94. The average Bonchev–Trinajstić information content (AvgIpc) is 1.84. The molecular weight excluding hydrogens is 152 g/mol. The molecule has 1 aliphatic carbocycles. The molecule has 0 aromatic carbocycles. The lowest BCUT2D eigenvalue weighted by atomic mass is 9.57. The zero-order valence-corrected chi connectivity index (χ0v) is 8.46. The Labute approximate surface area is 74.6 Å². The Morgan fingerprint density at radius 3 is 2.17 bits per heavy atom. The predicted molar refractivity (Wildman–Crippen MR) is 48.8 cm³/mol. The molecule has 2 heteroatoms. The Morgan fingerprint density at radius 2 is 1.92 bits per heavy atom. The summed E-state index contributed by atoms with van der Waals surface area (Å²) in [6.45, 7) is 7.79. The third-order valence-corrected chi connectivity index (χ3v) is 3.16. The third kappa shape index (κ3) is 1.80. The van der Waals surface area contributed by atoms with E-state index in [0.29, 0.717) is 5.92 Å². The molecule has 0 aromatic rings. The molecule has 1 aliphatic rings. The monoisotopic (exact) mass is 172 g/mol. The van der Waals surface area contributed by atoms with E-state index in [1.54, 1.807) is 0 Å². The van der Waals surface area contributed by atoms with Crippen molar-refractivity contribution in [2.75, 3.05) is 0 Å². The highest BCUT2D eigenvalue weighted by Crippen LogP contribution is 2.49. The summed E-state index contributed by atoms with van der Waals surface area (Å²) < 4.78 is 0. The molecule has 2 N–H and O–H groups in total. The van der Waals surface area contributed by atoms with E-state index in [9.17, 15) is 10.2 Å². The van der Waals surface area contributed by atoms with Crippen LogP contribution in [-0.2, 0) is 0 Å². The molecule has 1 saturated carbocycles. The summed E-state index contributed by atoms with van der Waals surface area (Å²) in [5.41, 5.74) is -0.595. The van der Waals surface area contributed by atoms with Crippen molar-refractivity contribution in [2.45, 2.75) is 52.2 Å². The fraction of sp³-hybridized carbons (Fsp3) is 1.00. The summed E-state index contributed by atoms with van der Waals surface area (Å²) in [5, 5.41) is 19.1. The Kier molecular flexibility index (Phi) is 2.26. The van der Waals surface area contributed by atoms with Gasteiger partial charge in [0.2, 0.25) is 0 Å². The summed E-state index contributed by atoms with van der Waals surface area (Å²) in [6, 6.07) is 0. The van der Waals surface area contributed by atoms with Crippen LogP contribution in [0, 0.1) is 11.3 Å². The minimum absolute atomic E-state index is 0. The van der Waals surface area contributed by atoms with Crippen LogP contribution in [0.25, 0.3) is 0 Å². The van der Waals surface area contributed by atoms with Gasteiger partial charge in [-0.25, -0.2) is 0 Å². The summed E-state index contributed by atoms with van der Waals surface area (Å²) in [4.78, 5) is 0. The fourth-order valence-corrected chi connectivity index (χ4v) is 1.94. The molecule has 72 valence electrons. The second-order valence-corrected chi connectivity index (χ2v) is 5.29. The normalized spacial score (nSPS) is 34.5. The standard InChI is InChI=1S/C10H20O2/c1-9(2,12)6-7-5-8(11)10(7,3)4/h7-8,11-12H,5-6H2,1-4H3/t7-,8-/m0/s1. The zero-order chi connectivity index (χ0) is 9.57. The lowest BCUT2D eigenvalue weighted by molar-refractivity contribution is -0.123. The van der Waals surface area contributed by atoms with E-state index in [-0.39, 0.29) is 11.5 Å². The van der Waals surface area contributed by atoms with Gasteiger partial charge in [0.15, 0.2) is 0 Å². The molecule has 0 amide bonds. The first kappa shape index (κ1) is 10.0. The first-order valence-electron chi connectivity index (χ1n) is 4.64. The van der Waals surface area contributed by atoms with Crippen LogP contribution >= 0.6 is 0 Å². The van der Waals surface area contributed by atoms with Crippen molar-refractivity contribution in [3.63, 3.8) is 0 Å². The minimum Gasteiger partial charge on any atom is -0.393 e. The van der Waals surface area contributed by atoms with Crippen molar-refractivity contribution in [3.05, 3.63) is 0 Å². The van der Waals surface area contributed by atoms with E-state index < -0.39 is 5.60 Å². The van der Waals surface area contributed by atoms with Crippen LogP contribution in [0.1, 0.15) is 40.5 Å². The van der Waals surface area contributed by atoms with Crippen molar-refractivity contribution >= 4 is 0 Å². The van der Waals surface area contributed by atoms with Crippen molar-refractivity contribution in [1.29, 1.82) is 0 Å². The van der Waals surface area contributed by atoms with E-state index in [4.69, 9.17) is 0 Å². The van der Waals surface area contributed by atoms with Gasteiger partial charge in [-0.2, -0.15) is 0 Å². The predicted octanol–water partition coefficient (Wildman–Crippen LogP) is 1.55. The molecular formula is C10H20O2. The van der Waals surface area contributed by atoms with Gasteiger partial charge >= 0.3 is 0 Å². The molecule has 0 spiro atoms. The summed E-state index contributed by atoms with van der Waals surface area (Å²) in [6.07, 6.45) is 1.46. The first-order chi connectivity index (χ1) is 5.23. The second-order valence-electron chi connectivity index (χ2n) is 5.29. The average molecular weight is 172 g/mol. The molecule has 1 fully saturated rings. The molecule has 2 nitrogen and oxygen atoms in total. The highest BCUT2D eigenvalue weighted by molar-refractivity contribution is 4.98. The van der Waals surface area contributed by atoms with E-state index in [2.05, 4.69) is 13.8 Å². The molecule has 0 heterocycles. The summed E-state index contributed by atoms with van der Waals surface area (Å²) in [7, 11) is 0. The lowest BCUT2D eigenvalue weighted by Gasteiger charge is -2.51. The van der Waals surface area contributed by atoms with Crippen molar-refractivity contribution < 1.29 is 10.2 Å². The van der Waals surface area contributed by atoms with Crippen LogP contribution in [0.3, 0.4) is 0 Å². The van der Waals surface area contributed by atoms with Crippen LogP contribution in [-0.4, -0.2) is 21.9 Å². The van der Waals surface area contributed by atoms with Gasteiger partial charge in [0.1, 0.15) is 0 Å². The highest BCUT2D eigenvalue weighted by Gasteiger charge is 2.48. The number of rotatable bonds is 2. The van der Waals surface area contributed by atoms with Crippen LogP contribution < -0.4 is 0 Å². The molecule has 2 atom stereocenters. The molecule has 0 aromatic heterocycles. The number of aliphatic hydroxyl groups is 2. The Bertz CT molecular complexity index is 167. The van der Waals surface area contributed by atoms with Crippen molar-refractivity contribution in [2.24, 2.45) is 11.3 Å². The lowest BCUT2D eigenvalue weighted by Crippen LogP contribution is -2.51. The van der Waals surface area contributed by atoms with Crippen molar-refractivity contribution in [1.82, 2.24) is 0 Å². The molecule has 0 saturated heterocycles. The quantitative estimate of drug-likeness (QED) is 0.663. The molecule has 12 heavy (non-hydrogen) atoms. The van der Waals surface area contributed by atoms with Crippen LogP contribution in [0.15, 0.2) is 0 Å². The van der Waals surface area contributed by atoms with Gasteiger partial charge in [-0.3, -0.25) is 0 Å². The number of hydrogen-bond donors (Lipinski definition) is 2. The number of hydrogen-bond acceptors (Lipinski definition) is 2. The zero-order valence-electron chi connectivity index (χ0n) is 8.46. The van der Waals surface area contributed by atoms with Gasteiger partial charge in [-0.1, -0.05) is 13.8 Å². The first-order valence-corrected chi connectivity index (χ1v) is 4.64. The summed E-state index contributed by atoms with van der Waals surface area (Å²) in [5.74, 6) is 0.465. The van der Waals surface area contributed by atoms with Gasteiger partial charge in [0.25, 0.3) is 0 Å². The third-order valence-electron chi connectivity index (χ3n) is 3.16. The van der Waals surface area contributed by atoms with Crippen molar-refractivity contribution in [3.8, 4) is 0 Å². The van der Waals surface area contributed by atoms with E-state index in [1.807, 2.05) is 13.8 Å². The van der Waals surface area contributed by atoms with Gasteiger partial charge < -0.3 is 10.2 Å². The maximum absolute atomic E-state index is 9.59. The minimum atomic E-state index is -0.595. The highest BCUT2D eigenvalue weighted by atomic mass is 16.3. The number of aliphatic hydroxyl groups excluding tert-OH is 1. The van der Waals surface area contributed by atoms with Gasteiger partial charge in [0, 0.05) is 0 Å². The van der Waals surface area contributed by atoms with Gasteiger partial charge in [0.05, 0.1) is 11.7 Å². The van der Waals surface area contributed by atoms with Crippen LogP contribution in [0.5, 0.6) is 0 Å². The van der Waals surface area contributed by atoms with E-state index in [0.717, 1.165) is 12.8 Å². The second kappa shape index (κ2) is 2.71. The van der Waals surface area contributed by atoms with Crippen LogP contribution in [0.4, 0.5) is 0 Å². The van der Waals surface area contributed by atoms with Gasteiger partial charge in [-0.15, -0.1) is 0 Å². The molecule has 0 aliphatic heterocycles. The Balaban J connectivity index is 2.48. The Hall–Kier alpha value is -0.0800. The molecule has 0 unspecified atom stereocenters. The van der Waals surface area contributed by atoms with Crippen LogP contribution in [0.2, 0.25) is 0 Å². The molecule has 1 rings (SSSR count). The largest absolute Gasteiger partial charge is 0.393 e. The molecule has 0 bridgehead atoms. The SMILES string of the molecule is CC(C)(O)C[C@@H]1C[C@H](O)C1(C)C. The summed E-state index contributed by atoms with van der Waals surface area (Å²) >= 11 is 0. The maximum atomic E-state index is 9.59.